The molecule has 1 amide bonds. The van der Waals surface area contributed by atoms with Crippen LogP contribution in [-0.4, -0.2) is 44.1 Å². The van der Waals surface area contributed by atoms with Gasteiger partial charge >= 0.3 is 0 Å². The van der Waals surface area contributed by atoms with Crippen molar-refractivity contribution < 1.29 is 17.9 Å². The summed E-state index contributed by atoms with van der Waals surface area (Å²) in [7, 11) is -3.63. The first-order valence-electron chi connectivity index (χ1n) is 6.53. The highest BCUT2D eigenvalue weighted by molar-refractivity contribution is 7.89. The third-order valence-corrected chi connectivity index (χ3v) is 4.45. The van der Waals surface area contributed by atoms with E-state index in [4.69, 9.17) is 16.2 Å². The minimum atomic E-state index is -3.63. The van der Waals surface area contributed by atoms with E-state index in [2.05, 4.69) is 0 Å². The van der Waals surface area contributed by atoms with Crippen molar-refractivity contribution in [2.75, 3.05) is 31.2 Å². The smallest absolute Gasteiger partial charge is 0.232 e. The number of carbonyl (C=O) groups excluding carboxylic acids is 1. The number of anilines is 1. The molecule has 0 spiro atoms. The molecule has 118 valence electrons. The Morgan fingerprint density at radius 1 is 1.38 bits per heavy atom. The fourth-order valence-electron chi connectivity index (χ4n) is 1.76. The molecular formula is C13H21N3O4S. The third-order valence-electron chi connectivity index (χ3n) is 2.73. The number of rotatable bonds is 9. The maximum Gasteiger partial charge on any atom is 0.232 e. The van der Waals surface area contributed by atoms with Crippen LogP contribution in [-0.2, 0) is 26.1 Å². The van der Waals surface area contributed by atoms with E-state index >= 15 is 0 Å². The Morgan fingerprint density at radius 2 is 2.10 bits per heavy atom. The fourth-order valence-corrected chi connectivity index (χ4v) is 3.02. The van der Waals surface area contributed by atoms with Crippen LogP contribution in [0.3, 0.4) is 0 Å². The summed E-state index contributed by atoms with van der Waals surface area (Å²) in [5.41, 5.74) is 12.0. The normalized spacial score (nSPS) is 11.7. The van der Waals surface area contributed by atoms with Gasteiger partial charge in [0.1, 0.15) is 0 Å². The first-order valence-corrected chi connectivity index (χ1v) is 8.14. The van der Waals surface area contributed by atoms with Gasteiger partial charge in [-0.15, -0.1) is 0 Å². The van der Waals surface area contributed by atoms with Gasteiger partial charge in [0.15, 0.2) is 0 Å². The molecule has 7 nitrogen and oxygen atoms in total. The topological polar surface area (TPSA) is 116 Å². The number of carbonyl (C=O) groups is 1. The van der Waals surface area contributed by atoms with Crippen molar-refractivity contribution in [3.63, 3.8) is 0 Å². The molecule has 1 aromatic rings. The van der Waals surface area contributed by atoms with Crippen LogP contribution in [0.4, 0.5) is 5.69 Å². The van der Waals surface area contributed by atoms with Gasteiger partial charge in [-0.05, 0) is 24.6 Å². The molecule has 0 radical (unpaired) electrons. The van der Waals surface area contributed by atoms with Crippen molar-refractivity contribution in [1.82, 2.24) is 4.31 Å². The van der Waals surface area contributed by atoms with Crippen LogP contribution >= 0.6 is 0 Å². The van der Waals surface area contributed by atoms with Crippen molar-refractivity contribution in [3.05, 3.63) is 29.8 Å². The number of nitrogens with zero attached hydrogens (tertiary/aromatic N) is 1. The Kier molecular flexibility index (Phi) is 6.60. The van der Waals surface area contributed by atoms with Gasteiger partial charge in [0.25, 0.3) is 0 Å². The van der Waals surface area contributed by atoms with Gasteiger partial charge < -0.3 is 16.2 Å². The lowest BCUT2D eigenvalue weighted by Gasteiger charge is -2.21. The van der Waals surface area contributed by atoms with E-state index in [0.29, 0.717) is 17.9 Å². The summed E-state index contributed by atoms with van der Waals surface area (Å²) < 4.78 is 30.6. The van der Waals surface area contributed by atoms with Crippen LogP contribution < -0.4 is 11.5 Å². The molecule has 0 fully saturated rings. The lowest BCUT2D eigenvalue weighted by Crippen LogP contribution is -2.40. The predicted molar refractivity (Wildman–Crippen MR) is 80.7 cm³/mol. The van der Waals surface area contributed by atoms with Gasteiger partial charge in [-0.1, -0.05) is 12.1 Å². The lowest BCUT2D eigenvalue weighted by molar-refractivity contribution is -0.118. The second-order valence-corrected chi connectivity index (χ2v) is 6.58. The van der Waals surface area contributed by atoms with Gasteiger partial charge in [0, 0.05) is 18.8 Å². The quantitative estimate of drug-likeness (QED) is 0.488. The molecule has 21 heavy (non-hydrogen) atoms. The molecule has 0 bridgehead atoms. The number of sulfonamides is 1. The zero-order valence-electron chi connectivity index (χ0n) is 12.0. The third kappa shape index (κ3) is 6.11. The molecule has 0 aliphatic rings. The largest absolute Gasteiger partial charge is 0.399 e. The Hall–Kier alpha value is -1.64. The molecule has 8 heteroatoms. The maximum absolute atomic E-state index is 12.2. The summed E-state index contributed by atoms with van der Waals surface area (Å²) >= 11 is 0. The molecule has 0 saturated heterocycles. The molecule has 1 aromatic carbocycles. The zero-order valence-corrected chi connectivity index (χ0v) is 12.8. The number of hydrogen-bond donors (Lipinski definition) is 2. The van der Waals surface area contributed by atoms with E-state index in [-0.39, 0.29) is 25.4 Å². The van der Waals surface area contributed by atoms with Crippen LogP contribution in [0.2, 0.25) is 0 Å². The Balaban J connectivity index is 2.86. The van der Waals surface area contributed by atoms with Gasteiger partial charge in [-0.2, -0.15) is 4.31 Å². The molecule has 0 unspecified atom stereocenters. The summed E-state index contributed by atoms with van der Waals surface area (Å²) in [6, 6.07) is 6.82. The predicted octanol–water partition coefficient (Wildman–Crippen LogP) is -0.0776. The first kappa shape index (κ1) is 17.4. The second kappa shape index (κ2) is 7.96. The Bertz CT molecular complexity index is 575. The highest BCUT2D eigenvalue weighted by Crippen LogP contribution is 2.12. The van der Waals surface area contributed by atoms with Crippen molar-refractivity contribution in [2.45, 2.75) is 13.5 Å². The van der Waals surface area contributed by atoms with Gasteiger partial charge in [0.05, 0.1) is 18.9 Å². The summed E-state index contributed by atoms with van der Waals surface area (Å²) in [4.78, 5) is 11.1. The highest BCUT2D eigenvalue weighted by Gasteiger charge is 2.23. The number of ether oxygens (including phenoxy) is 1. The number of primary amides is 1. The van der Waals surface area contributed by atoms with E-state index in [0.717, 1.165) is 4.31 Å². The van der Waals surface area contributed by atoms with Crippen LogP contribution in [0.25, 0.3) is 0 Å². The second-order valence-electron chi connectivity index (χ2n) is 4.49. The van der Waals surface area contributed by atoms with E-state index < -0.39 is 15.9 Å². The molecule has 0 saturated carbocycles. The van der Waals surface area contributed by atoms with Crippen molar-refractivity contribution in [2.24, 2.45) is 5.73 Å². The number of amides is 1. The number of benzene rings is 1. The zero-order chi connectivity index (χ0) is 15.9. The van der Waals surface area contributed by atoms with E-state index in [1.807, 2.05) is 0 Å². The van der Waals surface area contributed by atoms with Crippen molar-refractivity contribution >= 4 is 21.6 Å². The maximum atomic E-state index is 12.2. The van der Waals surface area contributed by atoms with Gasteiger partial charge in [0.2, 0.25) is 15.9 Å². The lowest BCUT2D eigenvalue weighted by atomic mass is 10.2. The first-order chi connectivity index (χ1) is 9.85. The van der Waals surface area contributed by atoms with E-state index in [1.165, 1.54) is 0 Å². The number of nitrogens with two attached hydrogens (primary N) is 2. The number of hydrogen-bond acceptors (Lipinski definition) is 5. The standard InChI is InChI=1S/C13H21N3O4S/c1-2-20-6-7-21(18,19)16(10-13(15)17)9-11-4-3-5-12(14)8-11/h3-5,8H,2,6-7,9-10,14H2,1H3,(H2,15,17). The molecule has 4 N–H and O–H groups in total. The average molecular weight is 315 g/mol. The monoisotopic (exact) mass is 315 g/mol. The van der Waals surface area contributed by atoms with Crippen LogP contribution in [0.15, 0.2) is 24.3 Å². The van der Waals surface area contributed by atoms with Crippen LogP contribution in [0.1, 0.15) is 12.5 Å². The minimum absolute atomic E-state index is 0.0441. The highest BCUT2D eigenvalue weighted by atomic mass is 32.2. The van der Waals surface area contributed by atoms with Crippen molar-refractivity contribution in [3.8, 4) is 0 Å². The summed E-state index contributed by atoms with van der Waals surface area (Å²) in [6.45, 7) is 1.96. The summed E-state index contributed by atoms with van der Waals surface area (Å²) in [5, 5.41) is 0. The molecule has 0 heterocycles. The molecule has 0 aromatic heterocycles. The molecule has 1 rings (SSSR count). The fraction of sp³-hybridized carbons (Fsp3) is 0.462. The molecule has 0 atom stereocenters. The number of nitrogen functional groups attached to an aromatic ring is 1. The minimum Gasteiger partial charge on any atom is -0.399 e. The van der Waals surface area contributed by atoms with Crippen molar-refractivity contribution in [1.29, 1.82) is 0 Å². The van der Waals surface area contributed by atoms with E-state index in [9.17, 15) is 13.2 Å². The molecule has 0 aliphatic heterocycles. The SMILES string of the molecule is CCOCCS(=O)(=O)N(CC(N)=O)Cc1cccc(N)c1. The Labute approximate surface area is 124 Å². The van der Waals surface area contributed by atoms with Crippen LogP contribution in [0.5, 0.6) is 0 Å². The van der Waals surface area contributed by atoms with E-state index in [1.54, 1.807) is 31.2 Å². The molecular weight excluding hydrogens is 294 g/mol. The summed E-state index contributed by atoms with van der Waals surface area (Å²) in [5.74, 6) is -0.907. The van der Waals surface area contributed by atoms with Gasteiger partial charge in [-0.25, -0.2) is 8.42 Å². The van der Waals surface area contributed by atoms with Gasteiger partial charge in [-0.3, -0.25) is 4.79 Å². The summed E-state index contributed by atoms with van der Waals surface area (Å²) in [6.07, 6.45) is 0. The molecule has 0 aliphatic carbocycles. The van der Waals surface area contributed by atoms with Crippen LogP contribution in [0, 0.1) is 0 Å². The Morgan fingerprint density at radius 3 is 2.67 bits per heavy atom. The average Bonchev–Trinajstić information content (AvgIpc) is 2.37.